The van der Waals surface area contributed by atoms with Gasteiger partial charge in [0.1, 0.15) is 5.52 Å². The van der Waals surface area contributed by atoms with Gasteiger partial charge >= 0.3 is 0 Å². The highest BCUT2D eigenvalue weighted by Crippen LogP contribution is 2.29. The lowest BCUT2D eigenvalue weighted by Gasteiger charge is -2.44. The summed E-state index contributed by atoms with van der Waals surface area (Å²) >= 11 is 0. The number of likely N-dealkylation sites (N-methyl/N-ethyl adjacent to an activating group) is 1. The third kappa shape index (κ3) is 2.52. The number of aromatic nitrogens is 3. The van der Waals surface area contributed by atoms with E-state index < -0.39 is 0 Å². The molecule has 5 rings (SSSR count). The van der Waals surface area contributed by atoms with Crippen molar-refractivity contribution in [3.63, 3.8) is 0 Å². The quantitative estimate of drug-likeness (QED) is 0.733. The van der Waals surface area contributed by atoms with Crippen LogP contribution in [0.3, 0.4) is 0 Å². The Morgan fingerprint density at radius 2 is 1.96 bits per heavy atom. The smallest absolute Gasteiger partial charge is 0.298 e. The highest BCUT2D eigenvalue weighted by atomic mass is 16.4. The molecule has 1 aliphatic carbocycles. The van der Waals surface area contributed by atoms with Gasteiger partial charge in [-0.15, -0.1) is 5.10 Å². The van der Waals surface area contributed by atoms with Crippen molar-refractivity contribution in [3.8, 4) is 0 Å². The number of benzene rings is 1. The molecule has 0 N–H and O–H groups in total. The van der Waals surface area contributed by atoms with E-state index in [4.69, 9.17) is 4.42 Å². The van der Waals surface area contributed by atoms with E-state index in [1.54, 1.807) is 0 Å². The van der Waals surface area contributed by atoms with Crippen molar-refractivity contribution in [1.82, 2.24) is 15.2 Å². The van der Waals surface area contributed by atoms with Gasteiger partial charge in [0.25, 0.3) is 6.01 Å². The van der Waals surface area contributed by atoms with Crippen LogP contribution in [0.25, 0.3) is 11.1 Å². The van der Waals surface area contributed by atoms with Crippen molar-refractivity contribution in [2.24, 2.45) is 0 Å². The van der Waals surface area contributed by atoms with Gasteiger partial charge in [0.15, 0.2) is 11.4 Å². The zero-order chi connectivity index (χ0) is 16.8. The van der Waals surface area contributed by atoms with Crippen molar-refractivity contribution in [3.05, 3.63) is 41.6 Å². The Morgan fingerprint density at radius 1 is 1.12 bits per heavy atom. The van der Waals surface area contributed by atoms with E-state index in [9.17, 15) is 0 Å². The van der Waals surface area contributed by atoms with E-state index in [0.29, 0.717) is 12.1 Å². The maximum atomic E-state index is 5.87. The third-order valence-electron chi connectivity index (χ3n) is 5.38. The molecule has 1 aromatic carbocycles. The Labute approximate surface area is 146 Å². The maximum absolute atomic E-state index is 5.87. The zero-order valence-electron chi connectivity index (χ0n) is 14.4. The predicted octanol–water partition coefficient (Wildman–Crippen LogP) is 2.82. The molecule has 25 heavy (non-hydrogen) atoms. The van der Waals surface area contributed by atoms with E-state index in [1.807, 2.05) is 31.3 Å². The molecule has 0 saturated carbocycles. The molecule has 0 radical (unpaired) electrons. The summed E-state index contributed by atoms with van der Waals surface area (Å²) in [6, 6.07) is 11.2. The monoisotopic (exact) mass is 335 g/mol. The van der Waals surface area contributed by atoms with Gasteiger partial charge in [0.05, 0.1) is 11.7 Å². The molecule has 6 nitrogen and oxygen atoms in total. The summed E-state index contributed by atoms with van der Waals surface area (Å²) in [5.74, 6) is 1.00. The second-order valence-electron chi connectivity index (χ2n) is 7.02. The summed E-state index contributed by atoms with van der Waals surface area (Å²) in [5, 5.41) is 8.88. The number of rotatable bonds is 3. The number of hydrogen-bond donors (Lipinski definition) is 0. The van der Waals surface area contributed by atoms with Crippen LogP contribution in [-0.4, -0.2) is 41.4 Å². The number of oxazole rings is 1. The van der Waals surface area contributed by atoms with Crippen LogP contribution in [0.15, 0.2) is 34.7 Å². The van der Waals surface area contributed by atoms with Crippen molar-refractivity contribution in [2.45, 2.75) is 31.7 Å². The molecule has 3 heterocycles. The summed E-state index contributed by atoms with van der Waals surface area (Å²) in [4.78, 5) is 8.99. The molecule has 3 aromatic rings. The van der Waals surface area contributed by atoms with Crippen LogP contribution in [0.5, 0.6) is 0 Å². The van der Waals surface area contributed by atoms with E-state index >= 15 is 0 Å². The number of para-hydroxylation sites is 2. The molecule has 2 aliphatic rings. The lowest BCUT2D eigenvalue weighted by atomic mass is 9.96. The molecule has 0 unspecified atom stereocenters. The minimum absolute atomic E-state index is 0.380. The highest BCUT2D eigenvalue weighted by molar-refractivity contribution is 5.74. The summed E-state index contributed by atoms with van der Waals surface area (Å²) < 4.78 is 5.87. The molecule has 1 aliphatic heterocycles. The Hall–Kier alpha value is -2.63. The van der Waals surface area contributed by atoms with Crippen LogP contribution < -0.4 is 9.80 Å². The van der Waals surface area contributed by atoms with E-state index in [2.05, 4.69) is 31.0 Å². The lowest BCUT2D eigenvalue weighted by Crippen LogP contribution is -2.59. The summed E-state index contributed by atoms with van der Waals surface area (Å²) in [6.45, 7) is 1.84. The molecule has 0 atom stereocenters. The van der Waals surface area contributed by atoms with Gasteiger partial charge < -0.3 is 14.2 Å². The van der Waals surface area contributed by atoms with E-state index in [-0.39, 0.29) is 0 Å². The van der Waals surface area contributed by atoms with Gasteiger partial charge in [-0.05, 0) is 49.4 Å². The lowest BCUT2D eigenvalue weighted by molar-refractivity contribution is 0.455. The molecular weight excluding hydrogens is 314 g/mol. The average molecular weight is 335 g/mol. The van der Waals surface area contributed by atoms with Gasteiger partial charge in [-0.2, -0.15) is 10.1 Å². The number of aryl methyl sites for hydroxylation is 2. The Morgan fingerprint density at radius 3 is 2.84 bits per heavy atom. The molecule has 0 spiro atoms. The average Bonchev–Trinajstić information content (AvgIpc) is 3.04. The topological polar surface area (TPSA) is 58.3 Å². The molecule has 0 amide bonds. The fourth-order valence-electron chi connectivity index (χ4n) is 3.69. The largest absolute Gasteiger partial charge is 0.423 e. The summed E-state index contributed by atoms with van der Waals surface area (Å²) in [6.07, 6.45) is 4.72. The summed E-state index contributed by atoms with van der Waals surface area (Å²) in [5.41, 5.74) is 4.31. The minimum Gasteiger partial charge on any atom is -0.423 e. The maximum Gasteiger partial charge on any atom is 0.298 e. The molecule has 1 saturated heterocycles. The first-order valence-corrected chi connectivity index (χ1v) is 8.97. The molecular formula is C19H21N5O. The second-order valence-corrected chi connectivity index (χ2v) is 7.02. The first-order valence-electron chi connectivity index (χ1n) is 8.97. The van der Waals surface area contributed by atoms with Crippen LogP contribution in [0.1, 0.15) is 24.1 Å². The van der Waals surface area contributed by atoms with E-state index in [1.165, 1.54) is 24.1 Å². The van der Waals surface area contributed by atoms with Crippen LogP contribution in [0.4, 0.5) is 11.8 Å². The van der Waals surface area contributed by atoms with Crippen LogP contribution >= 0.6 is 0 Å². The van der Waals surface area contributed by atoms with Gasteiger partial charge in [-0.3, -0.25) is 0 Å². The minimum atomic E-state index is 0.380. The highest BCUT2D eigenvalue weighted by Gasteiger charge is 2.33. The molecule has 0 bridgehead atoms. The van der Waals surface area contributed by atoms with Crippen LogP contribution in [-0.2, 0) is 12.8 Å². The fraction of sp³-hybridized carbons (Fsp3) is 0.421. The van der Waals surface area contributed by atoms with Crippen LogP contribution in [0, 0.1) is 0 Å². The van der Waals surface area contributed by atoms with Gasteiger partial charge in [-0.1, -0.05) is 12.1 Å². The number of hydrogen-bond acceptors (Lipinski definition) is 6. The number of fused-ring (bicyclic) bond motifs is 2. The fourth-order valence-corrected chi connectivity index (χ4v) is 3.69. The van der Waals surface area contributed by atoms with Gasteiger partial charge in [0.2, 0.25) is 0 Å². The summed E-state index contributed by atoms with van der Waals surface area (Å²) in [7, 11) is 2.05. The Balaban J connectivity index is 1.29. The van der Waals surface area contributed by atoms with Gasteiger partial charge in [0, 0.05) is 20.1 Å². The van der Waals surface area contributed by atoms with Crippen LogP contribution in [0.2, 0.25) is 0 Å². The van der Waals surface area contributed by atoms with Crippen molar-refractivity contribution in [1.29, 1.82) is 0 Å². The molecule has 1 fully saturated rings. The van der Waals surface area contributed by atoms with Crippen molar-refractivity contribution in [2.75, 3.05) is 29.9 Å². The standard InChI is InChI=1S/C19H21N5O/c1-23(19-20-16-8-4-5-9-17(16)25-19)14-11-24(12-14)18-10-13-6-2-3-7-15(13)21-22-18/h4-5,8-10,14H,2-3,6-7,11-12H2,1H3. The molecule has 6 heteroatoms. The van der Waals surface area contributed by atoms with Gasteiger partial charge in [-0.25, -0.2) is 0 Å². The molecule has 128 valence electrons. The Kier molecular flexibility index (Phi) is 3.36. The number of nitrogens with zero attached hydrogens (tertiary/aromatic N) is 5. The number of anilines is 2. The normalized spacial score (nSPS) is 17.4. The predicted molar refractivity (Wildman–Crippen MR) is 97.1 cm³/mol. The van der Waals surface area contributed by atoms with Crippen molar-refractivity contribution >= 4 is 22.9 Å². The first kappa shape index (κ1) is 14.7. The third-order valence-corrected chi connectivity index (χ3v) is 5.38. The molecule has 2 aromatic heterocycles. The van der Waals surface area contributed by atoms with E-state index in [0.717, 1.165) is 42.8 Å². The SMILES string of the molecule is CN(c1nc2ccccc2o1)C1CN(c2cc3c(nn2)CCCC3)C1. The van der Waals surface area contributed by atoms with Crippen molar-refractivity contribution < 1.29 is 4.42 Å². The second kappa shape index (κ2) is 5.72. The zero-order valence-corrected chi connectivity index (χ0v) is 14.4. The first-order chi connectivity index (χ1) is 12.3. The Bertz CT molecular complexity index is 882.